The van der Waals surface area contributed by atoms with E-state index in [1.165, 1.54) is 23.1 Å². The van der Waals surface area contributed by atoms with Crippen LogP contribution in [0.2, 0.25) is 0 Å². The maximum absolute atomic E-state index is 13.1. The Bertz CT molecular complexity index is 1230. The van der Waals surface area contributed by atoms with Gasteiger partial charge < -0.3 is 5.32 Å². The molecule has 0 atom stereocenters. The highest BCUT2D eigenvalue weighted by atomic mass is 32.2. The molecule has 2 aromatic carbocycles. The quantitative estimate of drug-likeness (QED) is 0.372. The number of nitrogens with zero attached hydrogens (tertiary/aromatic N) is 2. The molecule has 1 N–H and O–H groups in total. The van der Waals surface area contributed by atoms with Crippen LogP contribution in [0.5, 0.6) is 0 Å². The van der Waals surface area contributed by atoms with Crippen LogP contribution in [0.4, 0.5) is 5.69 Å². The van der Waals surface area contributed by atoms with Crippen LogP contribution in [0.15, 0.2) is 70.6 Å². The molecule has 0 bridgehead atoms. The van der Waals surface area contributed by atoms with E-state index in [2.05, 4.69) is 10.3 Å². The highest BCUT2D eigenvalue weighted by molar-refractivity contribution is 7.99. The fraction of sp³-hybridized carbons (Fsp3) is 0.136. The number of thiophene rings is 1. The third kappa shape index (κ3) is 4.26. The number of carbonyl (C=O) groups excluding carboxylic acids is 1. The molecular formula is C22H19N3O2S2. The fourth-order valence-electron chi connectivity index (χ4n) is 2.95. The lowest BCUT2D eigenvalue weighted by Crippen LogP contribution is -2.22. The summed E-state index contributed by atoms with van der Waals surface area (Å²) in [5.41, 5.74) is 2.50. The van der Waals surface area contributed by atoms with Gasteiger partial charge >= 0.3 is 0 Å². The van der Waals surface area contributed by atoms with Gasteiger partial charge in [-0.1, -0.05) is 47.7 Å². The fourth-order valence-corrected chi connectivity index (χ4v) is 4.68. The molecule has 0 spiro atoms. The summed E-state index contributed by atoms with van der Waals surface area (Å²) in [6.07, 6.45) is 0. The van der Waals surface area contributed by atoms with E-state index in [0.717, 1.165) is 21.8 Å². The summed E-state index contributed by atoms with van der Waals surface area (Å²) < 4.78 is 1.58. The van der Waals surface area contributed by atoms with Gasteiger partial charge in [0.05, 0.1) is 16.8 Å². The third-order valence-corrected chi connectivity index (χ3v) is 6.22. The van der Waals surface area contributed by atoms with Crippen molar-refractivity contribution >= 4 is 44.9 Å². The summed E-state index contributed by atoms with van der Waals surface area (Å²) in [4.78, 5) is 32.0. The lowest BCUT2D eigenvalue weighted by Gasteiger charge is -2.12. The molecule has 2 heterocycles. The highest BCUT2D eigenvalue weighted by Crippen LogP contribution is 2.26. The van der Waals surface area contributed by atoms with Crippen molar-refractivity contribution in [3.63, 3.8) is 0 Å². The van der Waals surface area contributed by atoms with Crippen molar-refractivity contribution in [1.29, 1.82) is 0 Å². The van der Waals surface area contributed by atoms with Gasteiger partial charge in [0.25, 0.3) is 5.56 Å². The Morgan fingerprint density at radius 3 is 2.55 bits per heavy atom. The Morgan fingerprint density at radius 2 is 1.83 bits per heavy atom. The van der Waals surface area contributed by atoms with Crippen molar-refractivity contribution < 1.29 is 4.79 Å². The SMILES string of the molecule is Cc1ccc(NC(=O)CSc2nc3sc(C)cc3c(=O)n2-c2ccccc2)cc1. The average Bonchev–Trinajstić information content (AvgIpc) is 3.09. The molecule has 1 amide bonds. The van der Waals surface area contributed by atoms with Crippen molar-refractivity contribution in [2.75, 3.05) is 11.1 Å². The molecule has 4 rings (SSSR count). The number of nitrogens with one attached hydrogen (secondary N) is 1. The Balaban J connectivity index is 1.64. The second kappa shape index (κ2) is 8.23. The van der Waals surface area contributed by atoms with Crippen LogP contribution < -0.4 is 10.9 Å². The van der Waals surface area contributed by atoms with Gasteiger partial charge in [0.2, 0.25) is 5.91 Å². The average molecular weight is 422 g/mol. The van der Waals surface area contributed by atoms with E-state index in [1.54, 1.807) is 4.57 Å². The molecule has 0 saturated carbocycles. The van der Waals surface area contributed by atoms with Gasteiger partial charge in [0.1, 0.15) is 4.83 Å². The molecule has 0 saturated heterocycles. The van der Waals surface area contributed by atoms with E-state index in [4.69, 9.17) is 0 Å². The zero-order valence-electron chi connectivity index (χ0n) is 16.0. The van der Waals surface area contributed by atoms with Gasteiger partial charge in [-0.15, -0.1) is 11.3 Å². The van der Waals surface area contributed by atoms with Crippen LogP contribution in [-0.4, -0.2) is 21.2 Å². The number of aromatic nitrogens is 2. The zero-order chi connectivity index (χ0) is 20.4. The highest BCUT2D eigenvalue weighted by Gasteiger charge is 2.16. The third-order valence-electron chi connectivity index (χ3n) is 4.34. The maximum atomic E-state index is 13.1. The lowest BCUT2D eigenvalue weighted by atomic mass is 10.2. The second-order valence-electron chi connectivity index (χ2n) is 6.65. The van der Waals surface area contributed by atoms with Gasteiger partial charge in [0, 0.05) is 10.6 Å². The van der Waals surface area contributed by atoms with Crippen LogP contribution >= 0.6 is 23.1 Å². The van der Waals surface area contributed by atoms with Gasteiger partial charge in [-0.3, -0.25) is 14.2 Å². The van der Waals surface area contributed by atoms with E-state index in [0.29, 0.717) is 15.4 Å². The monoisotopic (exact) mass is 421 g/mol. The molecule has 0 aliphatic rings. The van der Waals surface area contributed by atoms with Crippen molar-refractivity contribution in [1.82, 2.24) is 9.55 Å². The molecule has 4 aromatic rings. The number of fused-ring (bicyclic) bond motifs is 1. The van der Waals surface area contributed by atoms with E-state index in [1.807, 2.05) is 74.5 Å². The molecule has 5 nitrogen and oxygen atoms in total. The molecule has 0 fully saturated rings. The molecule has 146 valence electrons. The maximum Gasteiger partial charge on any atom is 0.267 e. The molecule has 2 aromatic heterocycles. The zero-order valence-corrected chi connectivity index (χ0v) is 17.6. The molecule has 0 radical (unpaired) electrons. The molecule has 7 heteroatoms. The number of thioether (sulfide) groups is 1. The molecule has 0 unspecified atom stereocenters. The molecule has 0 aliphatic carbocycles. The van der Waals surface area contributed by atoms with Crippen molar-refractivity contribution in [3.8, 4) is 5.69 Å². The summed E-state index contributed by atoms with van der Waals surface area (Å²) >= 11 is 2.74. The number of aryl methyl sites for hydroxylation is 2. The summed E-state index contributed by atoms with van der Waals surface area (Å²) in [6.45, 7) is 3.96. The molecule has 29 heavy (non-hydrogen) atoms. The number of anilines is 1. The van der Waals surface area contributed by atoms with Crippen LogP contribution in [-0.2, 0) is 4.79 Å². The predicted molar refractivity (Wildman–Crippen MR) is 120 cm³/mol. The summed E-state index contributed by atoms with van der Waals surface area (Å²) in [5.74, 6) is 0.0124. The minimum Gasteiger partial charge on any atom is -0.325 e. The van der Waals surface area contributed by atoms with Crippen LogP contribution in [0.1, 0.15) is 10.4 Å². The van der Waals surface area contributed by atoms with Crippen molar-refractivity contribution in [2.24, 2.45) is 0 Å². The number of hydrogen-bond donors (Lipinski definition) is 1. The topological polar surface area (TPSA) is 64.0 Å². The van der Waals surface area contributed by atoms with Crippen molar-refractivity contribution in [2.45, 2.75) is 19.0 Å². The minimum atomic E-state index is -0.143. The Labute approximate surface area is 176 Å². The molecular weight excluding hydrogens is 402 g/mol. The van der Waals surface area contributed by atoms with Gasteiger partial charge in [-0.2, -0.15) is 0 Å². The standard InChI is InChI=1S/C22H19N3O2S2/c1-14-8-10-16(11-9-14)23-19(26)13-28-22-24-20-18(12-15(2)29-20)21(27)25(22)17-6-4-3-5-7-17/h3-12H,13H2,1-2H3,(H,23,26). The lowest BCUT2D eigenvalue weighted by molar-refractivity contribution is -0.113. The number of amides is 1. The van der Waals surface area contributed by atoms with Crippen LogP contribution in [0, 0.1) is 13.8 Å². The largest absolute Gasteiger partial charge is 0.325 e. The number of carbonyl (C=O) groups is 1. The minimum absolute atomic E-state index is 0.119. The van der Waals surface area contributed by atoms with Crippen LogP contribution in [0.25, 0.3) is 15.9 Å². The number of hydrogen-bond acceptors (Lipinski definition) is 5. The summed E-state index contributed by atoms with van der Waals surface area (Å²) in [7, 11) is 0. The summed E-state index contributed by atoms with van der Waals surface area (Å²) in [6, 6.07) is 18.9. The predicted octanol–water partition coefficient (Wildman–Crippen LogP) is 4.79. The first-order chi connectivity index (χ1) is 14.0. The van der Waals surface area contributed by atoms with Gasteiger partial charge in [0.15, 0.2) is 5.16 Å². The number of rotatable bonds is 5. The van der Waals surface area contributed by atoms with Crippen LogP contribution in [0.3, 0.4) is 0 Å². The number of benzene rings is 2. The van der Waals surface area contributed by atoms with Gasteiger partial charge in [-0.05, 0) is 44.2 Å². The summed E-state index contributed by atoms with van der Waals surface area (Å²) in [5, 5.41) is 3.99. The van der Waals surface area contributed by atoms with E-state index in [-0.39, 0.29) is 17.2 Å². The number of para-hydroxylation sites is 1. The smallest absolute Gasteiger partial charge is 0.267 e. The van der Waals surface area contributed by atoms with E-state index >= 15 is 0 Å². The first kappa shape index (κ1) is 19.4. The second-order valence-corrected chi connectivity index (χ2v) is 8.83. The molecule has 0 aliphatic heterocycles. The first-order valence-electron chi connectivity index (χ1n) is 9.09. The van der Waals surface area contributed by atoms with E-state index < -0.39 is 0 Å². The van der Waals surface area contributed by atoms with E-state index in [9.17, 15) is 9.59 Å². The van der Waals surface area contributed by atoms with Crippen molar-refractivity contribution in [3.05, 3.63) is 81.5 Å². The Morgan fingerprint density at radius 1 is 1.10 bits per heavy atom. The van der Waals surface area contributed by atoms with Gasteiger partial charge in [-0.25, -0.2) is 4.98 Å². The first-order valence-corrected chi connectivity index (χ1v) is 10.9. The Kier molecular flexibility index (Phi) is 5.51. The Hall–Kier alpha value is -2.90. The normalized spacial score (nSPS) is 11.0.